The second kappa shape index (κ2) is 8.43. The molecule has 2 atom stereocenters. The molecule has 0 radical (unpaired) electrons. The molecule has 1 saturated heterocycles. The van der Waals surface area contributed by atoms with Crippen molar-refractivity contribution in [3.63, 3.8) is 0 Å². The highest BCUT2D eigenvalue weighted by atomic mass is 32.2. The fraction of sp³-hybridized carbons (Fsp3) is 0.300. The number of benzene rings is 2. The van der Waals surface area contributed by atoms with Gasteiger partial charge in [0.2, 0.25) is 10.0 Å². The van der Waals surface area contributed by atoms with E-state index >= 15 is 0 Å². The molecule has 3 aromatic rings. The molecule has 0 unspecified atom stereocenters. The van der Waals surface area contributed by atoms with Crippen LogP contribution in [0.1, 0.15) is 24.2 Å². The number of fused-ring (bicyclic) bond motifs is 1. The molecule has 1 N–H and O–H groups in total. The van der Waals surface area contributed by atoms with Crippen LogP contribution in [0.4, 0.5) is 18.3 Å². The number of halogens is 3. The summed E-state index contributed by atoms with van der Waals surface area (Å²) in [5.74, 6) is -5.16. The van der Waals surface area contributed by atoms with Gasteiger partial charge in [-0.15, -0.1) is 0 Å². The number of hydrogen-bond donors (Lipinski definition) is 1. The van der Waals surface area contributed by atoms with Gasteiger partial charge in [-0.05, 0) is 38.1 Å². The van der Waals surface area contributed by atoms with Gasteiger partial charge in [-0.3, -0.25) is 10.1 Å². The van der Waals surface area contributed by atoms with Gasteiger partial charge in [-0.1, -0.05) is 17.4 Å². The first-order chi connectivity index (χ1) is 15.1. The monoisotopic (exact) mass is 485 g/mol. The first-order valence-electron chi connectivity index (χ1n) is 9.57. The Morgan fingerprint density at radius 3 is 2.53 bits per heavy atom. The minimum absolute atomic E-state index is 0.0172. The number of nitrogens with one attached hydrogen (secondary N) is 1. The van der Waals surface area contributed by atoms with Crippen molar-refractivity contribution in [3.05, 3.63) is 53.3 Å². The van der Waals surface area contributed by atoms with Crippen molar-refractivity contribution in [1.29, 1.82) is 0 Å². The molecule has 0 spiro atoms. The van der Waals surface area contributed by atoms with Gasteiger partial charge in [0.15, 0.2) is 22.6 Å². The molecular formula is C20H18F3N3O4S2. The fourth-order valence-corrected chi connectivity index (χ4v) is 5.99. The van der Waals surface area contributed by atoms with Gasteiger partial charge in [-0.2, -0.15) is 4.31 Å². The number of anilines is 1. The average molecular weight is 486 g/mol. The predicted molar refractivity (Wildman–Crippen MR) is 113 cm³/mol. The van der Waals surface area contributed by atoms with Crippen molar-refractivity contribution in [2.75, 3.05) is 18.4 Å². The zero-order valence-corrected chi connectivity index (χ0v) is 18.6. The van der Waals surface area contributed by atoms with Crippen molar-refractivity contribution in [3.8, 4) is 0 Å². The molecular weight excluding hydrogens is 467 g/mol. The Balaban J connectivity index is 1.59. The summed E-state index contributed by atoms with van der Waals surface area (Å²) < 4.78 is 73.7. The summed E-state index contributed by atoms with van der Waals surface area (Å²) in [6.07, 6.45) is -0.539. The lowest BCUT2D eigenvalue weighted by molar-refractivity contribution is -0.0440. The van der Waals surface area contributed by atoms with E-state index in [4.69, 9.17) is 4.74 Å². The van der Waals surface area contributed by atoms with Crippen LogP contribution in [-0.4, -0.2) is 48.9 Å². The predicted octanol–water partition coefficient (Wildman–Crippen LogP) is 3.76. The molecule has 1 fully saturated rings. The van der Waals surface area contributed by atoms with Gasteiger partial charge in [0.1, 0.15) is 5.52 Å². The Kier molecular flexibility index (Phi) is 5.96. The highest BCUT2D eigenvalue weighted by Crippen LogP contribution is 2.31. The number of nitrogens with zero attached hydrogens (tertiary/aromatic N) is 2. The number of morpholine rings is 1. The molecule has 12 heteroatoms. The molecule has 32 heavy (non-hydrogen) atoms. The van der Waals surface area contributed by atoms with E-state index in [1.165, 1.54) is 28.6 Å². The zero-order chi connectivity index (χ0) is 23.2. The maximum atomic E-state index is 13.9. The van der Waals surface area contributed by atoms with Gasteiger partial charge >= 0.3 is 0 Å². The number of ether oxygens (including phenoxy) is 1. The SMILES string of the molecule is C[C@@H]1CN(S(=O)(=O)c2cccc(C(=O)Nc3nc4c(F)c(F)c(F)cc4s3)c2)C[C@@H](C)O1. The summed E-state index contributed by atoms with van der Waals surface area (Å²) in [4.78, 5) is 16.4. The number of carbonyl (C=O) groups is 1. The Morgan fingerprint density at radius 2 is 1.84 bits per heavy atom. The second-order valence-electron chi connectivity index (χ2n) is 7.41. The van der Waals surface area contributed by atoms with E-state index in [0.29, 0.717) is 0 Å². The number of thiazole rings is 1. The van der Waals surface area contributed by atoms with Crippen molar-refractivity contribution in [2.24, 2.45) is 0 Å². The first kappa shape index (κ1) is 22.6. The van der Waals surface area contributed by atoms with Gasteiger partial charge in [0.25, 0.3) is 5.91 Å². The normalized spacial score (nSPS) is 19.9. The molecule has 1 amide bonds. The van der Waals surface area contributed by atoms with E-state index in [1.807, 2.05) is 0 Å². The van der Waals surface area contributed by atoms with E-state index in [0.717, 1.165) is 17.4 Å². The maximum absolute atomic E-state index is 13.9. The van der Waals surface area contributed by atoms with E-state index in [-0.39, 0.29) is 45.6 Å². The second-order valence-corrected chi connectivity index (χ2v) is 10.4. The van der Waals surface area contributed by atoms with E-state index in [9.17, 15) is 26.4 Å². The zero-order valence-electron chi connectivity index (χ0n) is 16.9. The molecule has 1 aromatic heterocycles. The van der Waals surface area contributed by atoms with Crippen LogP contribution in [0.25, 0.3) is 10.2 Å². The standard InChI is InChI=1S/C20H18F3N3O4S2/c1-10-8-26(9-11(2)30-10)32(28,29)13-5-3-4-12(6-13)19(27)25-20-24-18-15(31-20)7-14(21)16(22)17(18)23/h3-7,10-11H,8-9H2,1-2H3,(H,24,25,27)/t10-,11-/m1/s1. The topological polar surface area (TPSA) is 88.6 Å². The Hall–Kier alpha value is -2.54. The van der Waals surface area contributed by atoms with Gasteiger partial charge in [0, 0.05) is 18.7 Å². The summed E-state index contributed by atoms with van der Waals surface area (Å²) in [7, 11) is -3.87. The van der Waals surface area contributed by atoms with E-state index in [2.05, 4.69) is 10.3 Å². The number of carbonyl (C=O) groups excluding carboxylic acids is 1. The smallest absolute Gasteiger partial charge is 0.257 e. The van der Waals surface area contributed by atoms with Crippen molar-refractivity contribution < 1.29 is 31.1 Å². The third kappa shape index (κ3) is 4.22. The lowest BCUT2D eigenvalue weighted by Crippen LogP contribution is -2.48. The number of sulfonamides is 1. The molecule has 170 valence electrons. The lowest BCUT2D eigenvalue weighted by Gasteiger charge is -2.34. The molecule has 0 saturated carbocycles. The largest absolute Gasteiger partial charge is 0.373 e. The molecule has 4 rings (SSSR count). The van der Waals surface area contributed by atoms with Crippen LogP contribution in [0, 0.1) is 17.5 Å². The van der Waals surface area contributed by atoms with E-state index in [1.54, 1.807) is 13.8 Å². The van der Waals surface area contributed by atoms with Gasteiger partial charge < -0.3 is 4.74 Å². The average Bonchev–Trinajstić information content (AvgIpc) is 3.13. The van der Waals surface area contributed by atoms with Crippen LogP contribution in [0.3, 0.4) is 0 Å². The van der Waals surface area contributed by atoms with Crippen LogP contribution < -0.4 is 5.32 Å². The summed E-state index contributed by atoms with van der Waals surface area (Å²) in [6.45, 7) is 3.93. The van der Waals surface area contributed by atoms with Crippen molar-refractivity contribution in [2.45, 2.75) is 31.0 Å². The lowest BCUT2D eigenvalue weighted by atomic mass is 10.2. The van der Waals surface area contributed by atoms with Gasteiger partial charge in [0.05, 0.1) is 21.8 Å². The summed E-state index contributed by atoms with van der Waals surface area (Å²) in [5, 5.41) is 2.33. The number of hydrogen-bond acceptors (Lipinski definition) is 6. The number of aromatic nitrogens is 1. The number of amides is 1. The Bertz CT molecular complexity index is 1300. The Labute approximate surface area is 185 Å². The highest BCUT2D eigenvalue weighted by Gasteiger charge is 2.32. The molecule has 0 bridgehead atoms. The maximum Gasteiger partial charge on any atom is 0.257 e. The summed E-state index contributed by atoms with van der Waals surface area (Å²) in [6, 6.07) is 6.24. The van der Waals surface area contributed by atoms with Crippen molar-refractivity contribution >= 4 is 42.6 Å². The third-order valence-electron chi connectivity index (χ3n) is 4.86. The molecule has 1 aliphatic rings. The quantitative estimate of drug-likeness (QED) is 0.569. The van der Waals surface area contributed by atoms with Crippen LogP contribution in [0.15, 0.2) is 35.2 Å². The molecule has 0 aliphatic carbocycles. The molecule has 2 aromatic carbocycles. The van der Waals surface area contributed by atoms with Gasteiger partial charge in [-0.25, -0.2) is 26.6 Å². The van der Waals surface area contributed by atoms with Crippen LogP contribution in [0.2, 0.25) is 0 Å². The minimum atomic E-state index is -3.87. The van der Waals surface area contributed by atoms with Crippen LogP contribution in [0.5, 0.6) is 0 Å². The van der Waals surface area contributed by atoms with E-state index < -0.39 is 38.9 Å². The molecule has 2 heterocycles. The first-order valence-corrected chi connectivity index (χ1v) is 11.8. The summed E-state index contributed by atoms with van der Waals surface area (Å²) >= 11 is 0.760. The molecule has 1 aliphatic heterocycles. The third-order valence-corrected chi connectivity index (χ3v) is 7.61. The fourth-order valence-electron chi connectivity index (χ4n) is 3.47. The van der Waals surface area contributed by atoms with Crippen LogP contribution >= 0.6 is 11.3 Å². The Morgan fingerprint density at radius 1 is 1.16 bits per heavy atom. The van der Waals surface area contributed by atoms with Crippen LogP contribution in [-0.2, 0) is 14.8 Å². The minimum Gasteiger partial charge on any atom is -0.373 e. The number of rotatable bonds is 4. The summed E-state index contributed by atoms with van der Waals surface area (Å²) in [5.41, 5.74) is -0.381. The highest BCUT2D eigenvalue weighted by molar-refractivity contribution is 7.89. The molecule has 7 nitrogen and oxygen atoms in total. The van der Waals surface area contributed by atoms with Crippen molar-refractivity contribution in [1.82, 2.24) is 9.29 Å².